The van der Waals surface area contributed by atoms with Crippen molar-refractivity contribution in [3.05, 3.63) is 58.9 Å². The molecule has 0 unspecified atom stereocenters. The number of rotatable bonds is 5. The van der Waals surface area contributed by atoms with Crippen LogP contribution in [0.15, 0.2) is 36.4 Å². The molecule has 0 aliphatic carbocycles. The Morgan fingerprint density at radius 2 is 1.69 bits per heavy atom. The van der Waals surface area contributed by atoms with Crippen LogP contribution in [0.2, 0.25) is 0 Å². The Balaban J connectivity index is 2.02. The van der Waals surface area contributed by atoms with E-state index in [-0.39, 0.29) is 5.56 Å². The van der Waals surface area contributed by atoms with E-state index in [0.717, 1.165) is 22.8 Å². The molecule has 0 spiro atoms. The van der Waals surface area contributed by atoms with Crippen LogP contribution in [0.3, 0.4) is 0 Å². The van der Waals surface area contributed by atoms with Crippen molar-refractivity contribution in [1.82, 2.24) is 14.8 Å². The van der Waals surface area contributed by atoms with Crippen molar-refractivity contribution in [3.8, 4) is 17.1 Å². The lowest BCUT2D eigenvalue weighted by molar-refractivity contribution is 0.0697. The lowest BCUT2D eigenvalue weighted by atomic mass is 10.0. The van der Waals surface area contributed by atoms with Gasteiger partial charge in [0.1, 0.15) is 5.82 Å². The van der Waals surface area contributed by atoms with Gasteiger partial charge in [-0.3, -0.25) is 0 Å². The number of H-pyrrole nitrogens is 1. The number of hydrogen-bond donors (Lipinski definition) is 2. The van der Waals surface area contributed by atoms with Gasteiger partial charge in [-0.2, -0.15) is 5.10 Å². The fraction of sp³-hybridized carbons (Fsp3) is 0.333. The maximum Gasteiger partial charge on any atom is 0.335 e. The summed E-state index contributed by atoms with van der Waals surface area (Å²) in [6.45, 7) is 10.8. The Morgan fingerprint density at radius 3 is 2.23 bits per heavy atom. The van der Waals surface area contributed by atoms with E-state index in [9.17, 15) is 4.79 Å². The highest BCUT2D eigenvalue weighted by Crippen LogP contribution is 2.30. The van der Waals surface area contributed by atoms with E-state index in [1.807, 2.05) is 28.9 Å². The maximum absolute atomic E-state index is 11.0. The highest BCUT2D eigenvalue weighted by atomic mass is 16.4. The summed E-state index contributed by atoms with van der Waals surface area (Å²) in [6.07, 6.45) is 0. The summed E-state index contributed by atoms with van der Waals surface area (Å²) in [5.74, 6) is 0.725. The molecular weight excluding hydrogens is 326 g/mol. The van der Waals surface area contributed by atoms with Crippen molar-refractivity contribution >= 4 is 5.97 Å². The fourth-order valence-electron chi connectivity index (χ4n) is 3.40. The molecule has 136 valence electrons. The van der Waals surface area contributed by atoms with Crippen molar-refractivity contribution in [2.24, 2.45) is 0 Å². The van der Waals surface area contributed by atoms with Crippen molar-refractivity contribution in [1.29, 1.82) is 0 Å². The highest BCUT2D eigenvalue weighted by molar-refractivity contribution is 5.88. The van der Waals surface area contributed by atoms with Gasteiger partial charge in [-0.25, -0.2) is 9.48 Å². The molecule has 0 aliphatic heterocycles. The number of nitrogens with zero attached hydrogens (tertiary/aromatic N) is 2. The van der Waals surface area contributed by atoms with E-state index in [2.05, 4.69) is 39.6 Å². The second kappa shape index (κ2) is 6.83. The van der Waals surface area contributed by atoms with E-state index in [1.165, 1.54) is 11.3 Å². The minimum absolute atomic E-state index is 0.284. The number of carboxylic acids is 1. The van der Waals surface area contributed by atoms with Crippen LogP contribution in [0.5, 0.6) is 0 Å². The molecule has 0 saturated carbocycles. The summed E-state index contributed by atoms with van der Waals surface area (Å²) in [6, 6.07) is 10.9. The molecule has 2 heterocycles. The molecule has 3 aromatic rings. The molecule has 0 saturated heterocycles. The fourth-order valence-corrected chi connectivity index (χ4v) is 3.40. The van der Waals surface area contributed by atoms with Gasteiger partial charge in [-0.1, -0.05) is 39.8 Å². The Bertz CT molecular complexity index is 931. The van der Waals surface area contributed by atoms with E-state index >= 15 is 0 Å². The van der Waals surface area contributed by atoms with Gasteiger partial charge in [0.15, 0.2) is 0 Å². The number of aromatic carboxylic acids is 1. The Hall–Kier alpha value is -2.82. The molecule has 0 fully saturated rings. The third-order valence-corrected chi connectivity index (χ3v) is 4.64. The summed E-state index contributed by atoms with van der Waals surface area (Å²) < 4.78 is 2.00. The zero-order valence-electron chi connectivity index (χ0n) is 15.9. The third-order valence-electron chi connectivity index (χ3n) is 4.64. The molecule has 1 aromatic carbocycles. The summed E-state index contributed by atoms with van der Waals surface area (Å²) >= 11 is 0. The maximum atomic E-state index is 11.0. The summed E-state index contributed by atoms with van der Waals surface area (Å²) in [5.41, 5.74) is 5.74. The monoisotopic (exact) mass is 351 g/mol. The van der Waals surface area contributed by atoms with E-state index in [0.29, 0.717) is 11.8 Å². The Labute approximate surface area is 153 Å². The van der Waals surface area contributed by atoms with Crippen LogP contribution in [-0.4, -0.2) is 25.8 Å². The largest absolute Gasteiger partial charge is 0.478 e. The Morgan fingerprint density at radius 1 is 1.04 bits per heavy atom. The second-order valence-electron chi connectivity index (χ2n) is 7.26. The first-order chi connectivity index (χ1) is 12.3. The smallest absolute Gasteiger partial charge is 0.335 e. The van der Waals surface area contributed by atoms with Crippen LogP contribution in [0.4, 0.5) is 0 Å². The number of benzene rings is 1. The molecule has 3 rings (SSSR count). The van der Waals surface area contributed by atoms with Crippen LogP contribution in [0, 0.1) is 6.92 Å². The van der Waals surface area contributed by atoms with Crippen molar-refractivity contribution in [3.63, 3.8) is 0 Å². The van der Waals surface area contributed by atoms with Crippen LogP contribution in [0.25, 0.3) is 17.1 Å². The first kappa shape index (κ1) is 18.0. The lowest BCUT2D eigenvalue weighted by Gasteiger charge is -2.10. The van der Waals surface area contributed by atoms with Gasteiger partial charge in [-0.15, -0.1) is 0 Å². The molecule has 5 nitrogen and oxygen atoms in total. The van der Waals surface area contributed by atoms with Gasteiger partial charge in [0, 0.05) is 5.69 Å². The molecule has 2 N–H and O–H groups in total. The van der Waals surface area contributed by atoms with E-state index in [4.69, 9.17) is 10.2 Å². The molecule has 0 atom stereocenters. The minimum atomic E-state index is -0.918. The lowest BCUT2D eigenvalue weighted by Crippen LogP contribution is -2.05. The van der Waals surface area contributed by atoms with Crippen LogP contribution >= 0.6 is 0 Å². The van der Waals surface area contributed by atoms with Crippen molar-refractivity contribution in [2.45, 2.75) is 46.5 Å². The number of carbonyl (C=O) groups is 1. The molecule has 0 radical (unpaired) electrons. The van der Waals surface area contributed by atoms with Crippen molar-refractivity contribution in [2.75, 3.05) is 0 Å². The molecule has 0 aliphatic rings. The van der Waals surface area contributed by atoms with Gasteiger partial charge >= 0.3 is 5.97 Å². The molecule has 0 bridgehead atoms. The van der Waals surface area contributed by atoms with Crippen LogP contribution in [0.1, 0.15) is 66.8 Å². The van der Waals surface area contributed by atoms with Gasteiger partial charge in [0.2, 0.25) is 0 Å². The topological polar surface area (TPSA) is 70.9 Å². The van der Waals surface area contributed by atoms with E-state index < -0.39 is 5.97 Å². The first-order valence-electron chi connectivity index (χ1n) is 8.92. The molecular formula is C21H25N3O2. The van der Waals surface area contributed by atoms with Crippen LogP contribution in [-0.2, 0) is 0 Å². The second-order valence-corrected chi connectivity index (χ2v) is 7.26. The quantitative estimate of drug-likeness (QED) is 0.670. The van der Waals surface area contributed by atoms with Gasteiger partial charge in [0.25, 0.3) is 0 Å². The van der Waals surface area contributed by atoms with Gasteiger partial charge < -0.3 is 10.1 Å². The summed E-state index contributed by atoms with van der Waals surface area (Å²) in [7, 11) is 0. The Kier molecular flexibility index (Phi) is 4.72. The minimum Gasteiger partial charge on any atom is -0.478 e. The molecule has 5 heteroatoms. The van der Waals surface area contributed by atoms with E-state index in [1.54, 1.807) is 12.1 Å². The third kappa shape index (κ3) is 3.17. The SMILES string of the molecule is Cc1c(C(C)C)nn(-c2ccc(-c3ccc(C(=O)O)cc3)[nH]2)c1C(C)C. The van der Waals surface area contributed by atoms with Crippen LogP contribution < -0.4 is 0 Å². The predicted molar refractivity (Wildman–Crippen MR) is 103 cm³/mol. The molecule has 0 amide bonds. The highest BCUT2D eigenvalue weighted by Gasteiger charge is 2.20. The average Bonchev–Trinajstić information content (AvgIpc) is 3.19. The predicted octanol–water partition coefficient (Wildman–Crippen LogP) is 5.12. The number of hydrogen-bond acceptors (Lipinski definition) is 2. The summed E-state index contributed by atoms with van der Waals surface area (Å²) in [5, 5.41) is 13.9. The number of carboxylic acid groups (broad SMARTS) is 1. The zero-order valence-corrected chi connectivity index (χ0v) is 15.9. The zero-order chi connectivity index (χ0) is 19.0. The number of aromatic nitrogens is 3. The van der Waals surface area contributed by atoms with Crippen molar-refractivity contribution < 1.29 is 9.90 Å². The van der Waals surface area contributed by atoms with Gasteiger partial charge in [0.05, 0.1) is 17.0 Å². The summed E-state index contributed by atoms with van der Waals surface area (Å²) in [4.78, 5) is 14.4. The molecule has 2 aromatic heterocycles. The van der Waals surface area contributed by atoms with Gasteiger partial charge in [-0.05, 0) is 54.2 Å². The molecule has 26 heavy (non-hydrogen) atoms. The number of aromatic amines is 1. The number of nitrogens with one attached hydrogen (secondary N) is 1. The normalized spacial score (nSPS) is 11.5. The standard InChI is InChI=1S/C21H25N3O2/c1-12(2)19-14(5)20(13(3)4)24(23-19)18-11-10-17(22-18)15-6-8-16(9-7-15)21(25)26/h6-13,22H,1-5H3,(H,25,26). The first-order valence-corrected chi connectivity index (χ1v) is 8.92. The average molecular weight is 351 g/mol.